The van der Waals surface area contributed by atoms with Gasteiger partial charge in [-0.1, -0.05) is 12.1 Å². The van der Waals surface area contributed by atoms with E-state index in [1.54, 1.807) is 12.3 Å². The van der Waals surface area contributed by atoms with Gasteiger partial charge >= 0.3 is 0 Å². The summed E-state index contributed by atoms with van der Waals surface area (Å²) in [5, 5.41) is 3.12. The van der Waals surface area contributed by atoms with Crippen molar-refractivity contribution in [1.29, 1.82) is 0 Å². The molecule has 0 aliphatic heterocycles. The van der Waals surface area contributed by atoms with Gasteiger partial charge in [0.1, 0.15) is 5.82 Å². The third kappa shape index (κ3) is 3.41. The molecule has 1 heterocycles. The zero-order valence-electron chi connectivity index (χ0n) is 9.94. The molecular weight excluding hydrogens is 231 g/mol. The van der Waals surface area contributed by atoms with Crippen molar-refractivity contribution in [2.24, 2.45) is 0 Å². The Balaban J connectivity index is 2.02. The summed E-state index contributed by atoms with van der Waals surface area (Å²) >= 11 is 0. The third-order valence-corrected chi connectivity index (χ3v) is 2.50. The Hall–Kier alpha value is -2.17. The maximum Gasteiger partial charge on any atom is 0.221 e. The van der Waals surface area contributed by atoms with Crippen molar-refractivity contribution >= 4 is 17.5 Å². The standard InChI is InChI=1S/C13H15FN4/c14-8-1-2-10-3-5-11(6-4-10)17-12-7-9-16-13(15)18-12/h3-7,9H,1-2,8H2,(H3,15,16,17,18). The van der Waals surface area contributed by atoms with E-state index in [1.165, 1.54) is 0 Å². The van der Waals surface area contributed by atoms with Crippen LogP contribution in [0.25, 0.3) is 0 Å². The van der Waals surface area contributed by atoms with E-state index in [1.807, 2.05) is 24.3 Å². The number of nitrogens with one attached hydrogen (secondary N) is 1. The number of aromatic nitrogens is 2. The van der Waals surface area contributed by atoms with Crippen molar-refractivity contribution in [1.82, 2.24) is 9.97 Å². The second-order valence-electron chi connectivity index (χ2n) is 3.91. The van der Waals surface area contributed by atoms with Crippen molar-refractivity contribution in [3.8, 4) is 0 Å². The zero-order chi connectivity index (χ0) is 12.8. The molecule has 0 aliphatic rings. The SMILES string of the molecule is Nc1nccc(Nc2ccc(CCCF)cc2)n1. The van der Waals surface area contributed by atoms with Crippen LogP contribution in [0, 0.1) is 0 Å². The van der Waals surface area contributed by atoms with Crippen LogP contribution in [0.2, 0.25) is 0 Å². The number of alkyl halides is 1. The molecule has 0 aliphatic carbocycles. The fourth-order valence-corrected chi connectivity index (χ4v) is 1.62. The highest BCUT2D eigenvalue weighted by Crippen LogP contribution is 2.16. The second-order valence-corrected chi connectivity index (χ2v) is 3.91. The van der Waals surface area contributed by atoms with Gasteiger partial charge in [-0.3, -0.25) is 4.39 Å². The van der Waals surface area contributed by atoms with E-state index in [0.29, 0.717) is 12.2 Å². The second kappa shape index (κ2) is 5.95. The van der Waals surface area contributed by atoms with E-state index in [2.05, 4.69) is 15.3 Å². The number of benzene rings is 1. The average molecular weight is 246 g/mol. The normalized spacial score (nSPS) is 10.3. The molecule has 0 unspecified atom stereocenters. The van der Waals surface area contributed by atoms with Gasteiger partial charge in [-0.15, -0.1) is 0 Å². The van der Waals surface area contributed by atoms with Crippen LogP contribution in [-0.2, 0) is 6.42 Å². The molecule has 0 fully saturated rings. The van der Waals surface area contributed by atoms with E-state index in [9.17, 15) is 4.39 Å². The van der Waals surface area contributed by atoms with Gasteiger partial charge in [0, 0.05) is 11.9 Å². The van der Waals surface area contributed by atoms with Gasteiger partial charge in [-0.2, -0.15) is 4.98 Å². The summed E-state index contributed by atoms with van der Waals surface area (Å²) < 4.78 is 12.0. The minimum absolute atomic E-state index is 0.236. The predicted molar refractivity (Wildman–Crippen MR) is 70.5 cm³/mol. The number of aryl methyl sites for hydroxylation is 1. The van der Waals surface area contributed by atoms with Gasteiger partial charge < -0.3 is 11.1 Å². The van der Waals surface area contributed by atoms with Crippen LogP contribution in [0.1, 0.15) is 12.0 Å². The van der Waals surface area contributed by atoms with Crippen LogP contribution in [0.3, 0.4) is 0 Å². The fourth-order valence-electron chi connectivity index (χ4n) is 1.62. The van der Waals surface area contributed by atoms with Gasteiger partial charge in [0.2, 0.25) is 5.95 Å². The van der Waals surface area contributed by atoms with Crippen LogP contribution in [0.15, 0.2) is 36.5 Å². The van der Waals surface area contributed by atoms with Gasteiger partial charge in [-0.05, 0) is 36.6 Å². The first-order valence-electron chi connectivity index (χ1n) is 5.78. The van der Waals surface area contributed by atoms with Crippen molar-refractivity contribution < 1.29 is 4.39 Å². The molecule has 2 aromatic rings. The molecule has 0 atom stereocenters. The molecule has 0 amide bonds. The molecule has 1 aromatic carbocycles. The topological polar surface area (TPSA) is 63.8 Å². The molecule has 3 N–H and O–H groups in total. The van der Waals surface area contributed by atoms with Crippen molar-refractivity contribution in [2.75, 3.05) is 17.7 Å². The Morgan fingerprint density at radius 1 is 1.17 bits per heavy atom. The number of nitrogens with two attached hydrogens (primary N) is 1. The molecule has 0 spiro atoms. The Morgan fingerprint density at radius 3 is 2.61 bits per heavy atom. The maximum absolute atomic E-state index is 12.0. The van der Waals surface area contributed by atoms with Gasteiger partial charge in [0.25, 0.3) is 0 Å². The Kier molecular flexibility index (Phi) is 4.06. The summed E-state index contributed by atoms with van der Waals surface area (Å²) in [6.45, 7) is -0.278. The summed E-state index contributed by atoms with van der Waals surface area (Å²) in [7, 11) is 0. The number of hydrogen-bond acceptors (Lipinski definition) is 4. The summed E-state index contributed by atoms with van der Waals surface area (Å²) in [4.78, 5) is 7.87. The predicted octanol–water partition coefficient (Wildman–Crippen LogP) is 2.70. The molecule has 0 saturated carbocycles. The Labute approximate surface area is 105 Å². The zero-order valence-corrected chi connectivity index (χ0v) is 9.94. The van der Waals surface area contributed by atoms with Crippen LogP contribution >= 0.6 is 0 Å². The molecule has 0 bridgehead atoms. The van der Waals surface area contributed by atoms with Crippen molar-refractivity contribution in [3.05, 3.63) is 42.1 Å². The van der Waals surface area contributed by atoms with Crippen LogP contribution in [0.5, 0.6) is 0 Å². The quantitative estimate of drug-likeness (QED) is 0.851. The minimum Gasteiger partial charge on any atom is -0.368 e. The lowest BCUT2D eigenvalue weighted by molar-refractivity contribution is 0.473. The number of nitrogens with zero attached hydrogens (tertiary/aromatic N) is 2. The number of nitrogen functional groups attached to an aromatic ring is 1. The highest BCUT2D eigenvalue weighted by Gasteiger charge is 1.98. The van der Waals surface area contributed by atoms with Gasteiger partial charge in [-0.25, -0.2) is 4.98 Å². The Morgan fingerprint density at radius 2 is 1.94 bits per heavy atom. The summed E-state index contributed by atoms with van der Waals surface area (Å²) in [5.74, 6) is 0.888. The summed E-state index contributed by atoms with van der Waals surface area (Å²) in [6, 6.07) is 9.57. The molecular formula is C13H15FN4. The van der Waals surface area contributed by atoms with Crippen LogP contribution in [-0.4, -0.2) is 16.6 Å². The van der Waals surface area contributed by atoms with E-state index in [-0.39, 0.29) is 12.6 Å². The molecule has 18 heavy (non-hydrogen) atoms. The smallest absolute Gasteiger partial charge is 0.221 e. The van der Waals surface area contributed by atoms with Crippen LogP contribution < -0.4 is 11.1 Å². The lowest BCUT2D eigenvalue weighted by Gasteiger charge is -2.06. The van der Waals surface area contributed by atoms with E-state index >= 15 is 0 Å². The van der Waals surface area contributed by atoms with Crippen molar-refractivity contribution in [2.45, 2.75) is 12.8 Å². The van der Waals surface area contributed by atoms with Crippen LogP contribution in [0.4, 0.5) is 21.8 Å². The average Bonchev–Trinajstić information content (AvgIpc) is 2.38. The highest BCUT2D eigenvalue weighted by atomic mass is 19.1. The molecule has 5 heteroatoms. The minimum atomic E-state index is -0.278. The monoisotopic (exact) mass is 246 g/mol. The van der Waals surface area contributed by atoms with Crippen molar-refractivity contribution in [3.63, 3.8) is 0 Å². The number of hydrogen-bond donors (Lipinski definition) is 2. The maximum atomic E-state index is 12.0. The lowest BCUT2D eigenvalue weighted by Crippen LogP contribution is -1.99. The lowest BCUT2D eigenvalue weighted by atomic mass is 10.1. The molecule has 2 rings (SSSR count). The van der Waals surface area contributed by atoms with Gasteiger partial charge in [0.05, 0.1) is 6.67 Å². The highest BCUT2D eigenvalue weighted by molar-refractivity contribution is 5.56. The van der Waals surface area contributed by atoms with E-state index in [4.69, 9.17) is 5.73 Å². The first kappa shape index (κ1) is 12.3. The Bertz CT molecular complexity index is 499. The fraction of sp³-hybridized carbons (Fsp3) is 0.231. The summed E-state index contributed by atoms with van der Waals surface area (Å²) in [5.41, 5.74) is 7.53. The number of halogens is 1. The first-order valence-corrected chi connectivity index (χ1v) is 5.78. The largest absolute Gasteiger partial charge is 0.368 e. The molecule has 0 radical (unpaired) electrons. The molecule has 0 saturated heterocycles. The number of rotatable bonds is 5. The van der Waals surface area contributed by atoms with Gasteiger partial charge in [0.15, 0.2) is 0 Å². The molecule has 1 aromatic heterocycles. The van der Waals surface area contributed by atoms with E-state index in [0.717, 1.165) is 17.7 Å². The number of anilines is 3. The summed E-state index contributed by atoms with van der Waals surface area (Å²) in [6.07, 6.45) is 2.92. The molecule has 94 valence electrons. The third-order valence-electron chi connectivity index (χ3n) is 2.50. The first-order chi connectivity index (χ1) is 8.78. The van der Waals surface area contributed by atoms with E-state index < -0.39 is 0 Å². The molecule has 4 nitrogen and oxygen atoms in total.